The topological polar surface area (TPSA) is 68.0 Å². The number of nitrogens with zero attached hydrogens (tertiary/aromatic N) is 2. The van der Waals surface area contributed by atoms with E-state index in [4.69, 9.17) is 4.52 Å². The van der Waals surface area contributed by atoms with Crippen LogP contribution >= 0.6 is 15.9 Å². The molecule has 0 fully saturated rings. The SMILES string of the molecule is CCc1nc(-c2cccc(NC(=O)Cc3ccccc3Br)c2)no1. The molecule has 3 rings (SSSR count). The third-order valence-electron chi connectivity index (χ3n) is 3.48. The van der Waals surface area contributed by atoms with Gasteiger partial charge in [0.15, 0.2) is 0 Å². The number of benzene rings is 2. The van der Waals surface area contributed by atoms with Gasteiger partial charge in [0.2, 0.25) is 17.6 Å². The molecule has 0 unspecified atom stereocenters. The lowest BCUT2D eigenvalue weighted by Crippen LogP contribution is -2.14. The summed E-state index contributed by atoms with van der Waals surface area (Å²) in [6, 6.07) is 15.1. The number of nitrogens with one attached hydrogen (secondary N) is 1. The number of aryl methyl sites for hydroxylation is 1. The van der Waals surface area contributed by atoms with Crippen molar-refractivity contribution in [3.05, 3.63) is 64.5 Å². The van der Waals surface area contributed by atoms with Crippen molar-refractivity contribution in [3.8, 4) is 11.4 Å². The molecule has 6 heteroatoms. The van der Waals surface area contributed by atoms with Crippen molar-refractivity contribution < 1.29 is 9.32 Å². The van der Waals surface area contributed by atoms with Crippen LogP contribution in [0.25, 0.3) is 11.4 Å². The van der Waals surface area contributed by atoms with Crippen molar-refractivity contribution in [1.82, 2.24) is 10.1 Å². The van der Waals surface area contributed by atoms with Gasteiger partial charge < -0.3 is 9.84 Å². The maximum atomic E-state index is 12.3. The van der Waals surface area contributed by atoms with E-state index in [1.165, 1.54) is 0 Å². The molecule has 0 saturated carbocycles. The number of carbonyl (C=O) groups is 1. The second-order valence-corrected chi connectivity index (χ2v) is 6.12. The Morgan fingerprint density at radius 3 is 2.79 bits per heavy atom. The minimum atomic E-state index is -0.0820. The molecule has 0 saturated heterocycles. The van der Waals surface area contributed by atoms with Crippen LogP contribution in [0.3, 0.4) is 0 Å². The first kappa shape index (κ1) is 16.4. The fraction of sp³-hybridized carbons (Fsp3) is 0.167. The minimum absolute atomic E-state index is 0.0820. The molecule has 1 aromatic heterocycles. The molecule has 1 heterocycles. The van der Waals surface area contributed by atoms with Gasteiger partial charge in [-0.05, 0) is 23.8 Å². The highest BCUT2D eigenvalue weighted by atomic mass is 79.9. The van der Waals surface area contributed by atoms with Crippen molar-refractivity contribution in [2.45, 2.75) is 19.8 Å². The Labute approximate surface area is 148 Å². The van der Waals surface area contributed by atoms with Gasteiger partial charge in [0.25, 0.3) is 0 Å². The van der Waals surface area contributed by atoms with Gasteiger partial charge in [-0.2, -0.15) is 4.98 Å². The van der Waals surface area contributed by atoms with E-state index in [1.807, 2.05) is 55.5 Å². The quantitative estimate of drug-likeness (QED) is 0.712. The van der Waals surface area contributed by atoms with Crippen LogP contribution in [0, 0.1) is 0 Å². The summed E-state index contributed by atoms with van der Waals surface area (Å²) in [5.74, 6) is 1.03. The standard InChI is InChI=1S/C18H16BrN3O2/c1-2-17-21-18(22-24-17)13-7-5-8-14(10-13)20-16(23)11-12-6-3-4-9-15(12)19/h3-10H,2,11H2,1H3,(H,20,23). The lowest BCUT2D eigenvalue weighted by atomic mass is 10.1. The number of aromatic nitrogens is 2. The Morgan fingerprint density at radius 2 is 2.04 bits per heavy atom. The van der Waals surface area contributed by atoms with E-state index in [9.17, 15) is 4.79 Å². The Hall–Kier alpha value is -2.47. The number of hydrogen-bond acceptors (Lipinski definition) is 4. The van der Waals surface area contributed by atoms with Gasteiger partial charge >= 0.3 is 0 Å². The van der Waals surface area contributed by atoms with E-state index in [0.717, 1.165) is 15.6 Å². The molecule has 0 radical (unpaired) electrons. The molecule has 3 aromatic rings. The van der Waals surface area contributed by atoms with E-state index < -0.39 is 0 Å². The Bertz CT molecular complexity index is 861. The minimum Gasteiger partial charge on any atom is -0.339 e. The number of anilines is 1. The van der Waals surface area contributed by atoms with Crippen molar-refractivity contribution in [1.29, 1.82) is 0 Å². The van der Waals surface area contributed by atoms with Gasteiger partial charge in [-0.15, -0.1) is 0 Å². The summed E-state index contributed by atoms with van der Waals surface area (Å²) in [7, 11) is 0. The average Bonchev–Trinajstić information content (AvgIpc) is 3.06. The summed E-state index contributed by atoms with van der Waals surface area (Å²) in [4.78, 5) is 16.6. The zero-order valence-electron chi connectivity index (χ0n) is 13.1. The zero-order valence-corrected chi connectivity index (χ0v) is 14.7. The summed E-state index contributed by atoms with van der Waals surface area (Å²) in [5, 5.41) is 6.85. The van der Waals surface area contributed by atoms with Crippen LogP contribution in [0.15, 0.2) is 57.5 Å². The second kappa shape index (κ2) is 7.40. The zero-order chi connectivity index (χ0) is 16.9. The summed E-state index contributed by atoms with van der Waals surface area (Å²) < 4.78 is 6.05. The molecule has 0 aliphatic rings. The van der Waals surface area contributed by atoms with Gasteiger partial charge in [-0.3, -0.25) is 4.79 Å². The number of rotatable bonds is 5. The first-order valence-electron chi connectivity index (χ1n) is 7.62. The normalized spacial score (nSPS) is 10.6. The number of halogens is 1. The summed E-state index contributed by atoms with van der Waals surface area (Å²) in [6.45, 7) is 1.95. The molecular formula is C18H16BrN3O2. The van der Waals surface area contributed by atoms with Crippen LogP contribution in [0.4, 0.5) is 5.69 Å². The van der Waals surface area contributed by atoms with Gasteiger partial charge in [0, 0.05) is 22.1 Å². The van der Waals surface area contributed by atoms with Gasteiger partial charge in [-0.1, -0.05) is 58.3 Å². The molecule has 122 valence electrons. The van der Waals surface area contributed by atoms with E-state index in [1.54, 1.807) is 0 Å². The van der Waals surface area contributed by atoms with Gasteiger partial charge in [0.1, 0.15) is 0 Å². The third-order valence-corrected chi connectivity index (χ3v) is 4.26. The van der Waals surface area contributed by atoms with Crippen molar-refractivity contribution in [2.75, 3.05) is 5.32 Å². The maximum absolute atomic E-state index is 12.3. The van der Waals surface area contributed by atoms with Crippen LogP contribution in [-0.4, -0.2) is 16.0 Å². The Balaban J connectivity index is 1.72. The first-order valence-corrected chi connectivity index (χ1v) is 8.41. The van der Waals surface area contributed by atoms with Crippen LogP contribution in [0.2, 0.25) is 0 Å². The van der Waals surface area contributed by atoms with E-state index in [0.29, 0.717) is 30.2 Å². The van der Waals surface area contributed by atoms with Crippen molar-refractivity contribution in [3.63, 3.8) is 0 Å². The number of amides is 1. The smallest absolute Gasteiger partial charge is 0.228 e. The molecule has 1 N–H and O–H groups in total. The van der Waals surface area contributed by atoms with Crippen LogP contribution < -0.4 is 5.32 Å². The molecule has 2 aromatic carbocycles. The fourth-order valence-corrected chi connectivity index (χ4v) is 2.70. The number of carbonyl (C=O) groups excluding carboxylic acids is 1. The molecular weight excluding hydrogens is 370 g/mol. The molecule has 0 bridgehead atoms. The van der Waals surface area contributed by atoms with E-state index >= 15 is 0 Å². The predicted octanol–water partition coefficient (Wildman–Crippen LogP) is 4.24. The number of hydrogen-bond donors (Lipinski definition) is 1. The third kappa shape index (κ3) is 3.89. The van der Waals surface area contributed by atoms with Gasteiger partial charge in [0.05, 0.1) is 6.42 Å². The lowest BCUT2D eigenvalue weighted by Gasteiger charge is -2.07. The summed E-state index contributed by atoms with van der Waals surface area (Å²) >= 11 is 3.45. The van der Waals surface area contributed by atoms with E-state index in [-0.39, 0.29) is 5.91 Å². The van der Waals surface area contributed by atoms with Crippen LogP contribution in [0.1, 0.15) is 18.4 Å². The highest BCUT2D eigenvalue weighted by Crippen LogP contribution is 2.21. The summed E-state index contributed by atoms with van der Waals surface area (Å²) in [6.07, 6.45) is 0.989. The summed E-state index contributed by atoms with van der Waals surface area (Å²) in [5.41, 5.74) is 2.45. The highest BCUT2D eigenvalue weighted by Gasteiger charge is 2.10. The highest BCUT2D eigenvalue weighted by molar-refractivity contribution is 9.10. The molecule has 0 spiro atoms. The maximum Gasteiger partial charge on any atom is 0.228 e. The first-order chi connectivity index (χ1) is 11.7. The second-order valence-electron chi connectivity index (χ2n) is 5.26. The molecule has 24 heavy (non-hydrogen) atoms. The fourth-order valence-electron chi connectivity index (χ4n) is 2.27. The molecule has 0 atom stereocenters. The average molecular weight is 386 g/mol. The molecule has 5 nitrogen and oxygen atoms in total. The van der Waals surface area contributed by atoms with Crippen molar-refractivity contribution in [2.24, 2.45) is 0 Å². The van der Waals surface area contributed by atoms with E-state index in [2.05, 4.69) is 31.4 Å². The molecule has 0 aliphatic heterocycles. The lowest BCUT2D eigenvalue weighted by molar-refractivity contribution is -0.115. The largest absolute Gasteiger partial charge is 0.339 e. The van der Waals surface area contributed by atoms with Crippen molar-refractivity contribution >= 4 is 27.5 Å². The Kier molecular flexibility index (Phi) is 5.05. The van der Waals surface area contributed by atoms with Crippen LogP contribution in [-0.2, 0) is 17.6 Å². The Morgan fingerprint density at radius 1 is 1.21 bits per heavy atom. The monoisotopic (exact) mass is 385 g/mol. The molecule has 0 aliphatic carbocycles. The van der Waals surface area contributed by atoms with Gasteiger partial charge in [-0.25, -0.2) is 0 Å². The van der Waals surface area contributed by atoms with Crippen LogP contribution in [0.5, 0.6) is 0 Å². The molecule has 1 amide bonds. The predicted molar refractivity (Wildman–Crippen MR) is 95.6 cm³/mol.